The second kappa shape index (κ2) is 32.8. The summed E-state index contributed by atoms with van der Waals surface area (Å²) in [5, 5.41) is 11.9. The van der Waals surface area contributed by atoms with Crippen molar-refractivity contribution >= 4 is 17.8 Å². The first kappa shape index (κ1) is 42.4. The second-order valence-corrected chi connectivity index (χ2v) is 13.0. The fourth-order valence-electron chi connectivity index (χ4n) is 5.80. The maximum atomic E-state index is 12.5. The Hall–Kier alpha value is -1.63. The molecule has 7 heteroatoms. The van der Waals surface area contributed by atoms with Gasteiger partial charge in [0.25, 0.3) is 0 Å². The molecule has 0 saturated heterocycles. The minimum atomic E-state index is -1.02. The Morgan fingerprint density at radius 2 is 0.977 bits per heavy atom. The fraction of sp³-hybridized carbons (Fsp3) is 0.919. The molecule has 4 N–H and O–H groups in total. The molecule has 0 aromatic carbocycles. The van der Waals surface area contributed by atoms with Crippen LogP contribution in [0.3, 0.4) is 0 Å². The van der Waals surface area contributed by atoms with Gasteiger partial charge in [0.05, 0.1) is 0 Å². The van der Waals surface area contributed by atoms with Crippen molar-refractivity contribution in [1.82, 2.24) is 5.32 Å². The highest BCUT2D eigenvalue weighted by Crippen LogP contribution is 2.18. The van der Waals surface area contributed by atoms with Gasteiger partial charge in [0.15, 0.2) is 0 Å². The summed E-state index contributed by atoms with van der Waals surface area (Å²) in [6.07, 6.45) is 31.8. The summed E-state index contributed by atoms with van der Waals surface area (Å²) < 4.78 is 5.88. The summed E-state index contributed by atoms with van der Waals surface area (Å²) in [6, 6.07) is -0.868. The Kier molecular flexibility index (Phi) is 31.5. The molecule has 0 bridgehead atoms. The zero-order valence-electron chi connectivity index (χ0n) is 29.0. The van der Waals surface area contributed by atoms with Gasteiger partial charge < -0.3 is 20.9 Å². The predicted molar refractivity (Wildman–Crippen MR) is 184 cm³/mol. The maximum absolute atomic E-state index is 12.5. The van der Waals surface area contributed by atoms with Gasteiger partial charge in [-0.25, -0.2) is 4.79 Å². The maximum Gasteiger partial charge on any atom is 0.326 e. The van der Waals surface area contributed by atoms with Crippen LogP contribution < -0.4 is 11.1 Å². The average molecular weight is 625 g/mol. The molecule has 0 aromatic rings. The van der Waals surface area contributed by atoms with Crippen LogP contribution in [-0.2, 0) is 19.1 Å². The van der Waals surface area contributed by atoms with E-state index in [-0.39, 0.29) is 18.0 Å². The van der Waals surface area contributed by atoms with Crippen LogP contribution in [-0.4, -0.2) is 41.6 Å². The number of carbonyl (C=O) groups is 3. The van der Waals surface area contributed by atoms with Crippen molar-refractivity contribution in [2.24, 2.45) is 5.73 Å². The number of nitrogens with two attached hydrogens (primary N) is 1. The average Bonchev–Trinajstić information content (AvgIpc) is 3.00. The number of carboxylic acids is 1. The summed E-state index contributed by atoms with van der Waals surface area (Å²) >= 11 is 0. The van der Waals surface area contributed by atoms with Gasteiger partial charge in [-0.1, -0.05) is 136 Å². The van der Waals surface area contributed by atoms with E-state index in [4.69, 9.17) is 10.5 Å². The highest BCUT2D eigenvalue weighted by atomic mass is 16.5. The predicted octanol–water partition coefficient (Wildman–Crippen LogP) is 9.78. The lowest BCUT2D eigenvalue weighted by atomic mass is 10.0. The number of aliphatic carboxylic acids is 1. The third-order valence-electron chi connectivity index (χ3n) is 8.67. The lowest BCUT2D eigenvalue weighted by Crippen LogP contribution is -2.40. The molecular formula is C37H72N2O5. The van der Waals surface area contributed by atoms with Crippen molar-refractivity contribution < 1.29 is 24.2 Å². The number of amides is 1. The minimum Gasteiger partial charge on any atom is -0.480 e. The SMILES string of the molecule is CCCCCCCCCCCCCCCCCCCC(=O)OC(CCCCC)CCCCCC(=O)NC(CCCN)C(=O)O. The van der Waals surface area contributed by atoms with Crippen LogP contribution in [0.4, 0.5) is 0 Å². The monoisotopic (exact) mass is 625 g/mol. The number of esters is 1. The van der Waals surface area contributed by atoms with Gasteiger partial charge in [0.1, 0.15) is 12.1 Å². The molecule has 7 nitrogen and oxygen atoms in total. The van der Waals surface area contributed by atoms with Gasteiger partial charge in [0, 0.05) is 12.8 Å². The molecule has 2 atom stereocenters. The molecule has 1 amide bonds. The van der Waals surface area contributed by atoms with Crippen LogP contribution in [0.2, 0.25) is 0 Å². The van der Waals surface area contributed by atoms with E-state index in [2.05, 4.69) is 19.2 Å². The molecule has 0 heterocycles. The van der Waals surface area contributed by atoms with E-state index >= 15 is 0 Å². The van der Waals surface area contributed by atoms with E-state index in [1.54, 1.807) is 0 Å². The van der Waals surface area contributed by atoms with E-state index in [0.717, 1.165) is 57.8 Å². The first-order valence-corrected chi connectivity index (χ1v) is 18.9. The molecule has 260 valence electrons. The number of unbranched alkanes of at least 4 members (excludes halogenated alkanes) is 20. The van der Waals surface area contributed by atoms with Gasteiger partial charge in [-0.2, -0.15) is 0 Å². The van der Waals surface area contributed by atoms with Crippen LogP contribution in [0, 0.1) is 0 Å². The van der Waals surface area contributed by atoms with Crippen molar-refractivity contribution in [3.63, 3.8) is 0 Å². The number of rotatable bonds is 34. The Labute approximate surface area is 271 Å². The fourth-order valence-corrected chi connectivity index (χ4v) is 5.80. The number of carbonyl (C=O) groups excluding carboxylic acids is 2. The smallest absolute Gasteiger partial charge is 0.326 e. The number of nitrogens with one attached hydrogen (secondary N) is 1. The Bertz CT molecular complexity index is 672. The van der Waals surface area contributed by atoms with E-state index < -0.39 is 12.0 Å². The van der Waals surface area contributed by atoms with Crippen LogP contribution in [0.15, 0.2) is 0 Å². The van der Waals surface area contributed by atoms with Crippen molar-refractivity contribution in [2.45, 2.75) is 212 Å². The van der Waals surface area contributed by atoms with E-state index in [0.29, 0.717) is 38.6 Å². The summed E-state index contributed by atoms with van der Waals surface area (Å²) in [5.74, 6) is -1.31. The molecule has 0 radical (unpaired) electrons. The third kappa shape index (κ3) is 29.1. The standard InChI is InChI=1S/C37H72N2O5/c1-3-5-7-8-9-10-11-12-13-14-15-16-17-18-19-20-25-31-36(41)44-33(27-22-6-4-2)28-23-21-24-30-35(40)39-34(37(42)43)29-26-32-38/h33-34H,3-32,38H2,1-2H3,(H,39,40)(H,42,43). The molecule has 0 spiro atoms. The molecule has 0 aromatic heterocycles. The molecule has 0 saturated carbocycles. The van der Waals surface area contributed by atoms with Crippen LogP contribution >= 0.6 is 0 Å². The van der Waals surface area contributed by atoms with Gasteiger partial charge in [-0.05, 0) is 57.9 Å². The van der Waals surface area contributed by atoms with E-state index in [9.17, 15) is 19.5 Å². The van der Waals surface area contributed by atoms with Crippen LogP contribution in [0.1, 0.15) is 200 Å². The topological polar surface area (TPSA) is 119 Å². The number of carboxylic acid groups (broad SMARTS) is 1. The highest BCUT2D eigenvalue weighted by Gasteiger charge is 2.19. The Morgan fingerprint density at radius 3 is 1.45 bits per heavy atom. The van der Waals surface area contributed by atoms with E-state index in [1.165, 1.54) is 96.3 Å². The summed E-state index contributed by atoms with van der Waals surface area (Å²) in [6.45, 7) is 4.86. The summed E-state index contributed by atoms with van der Waals surface area (Å²) in [5.41, 5.74) is 5.46. The van der Waals surface area contributed by atoms with Crippen molar-refractivity contribution in [1.29, 1.82) is 0 Å². The first-order chi connectivity index (χ1) is 21.4. The van der Waals surface area contributed by atoms with Crippen molar-refractivity contribution in [3.8, 4) is 0 Å². The quantitative estimate of drug-likeness (QED) is 0.0484. The van der Waals surface area contributed by atoms with Crippen molar-refractivity contribution in [2.75, 3.05) is 6.54 Å². The van der Waals surface area contributed by atoms with Gasteiger partial charge in [-0.15, -0.1) is 0 Å². The second-order valence-electron chi connectivity index (χ2n) is 13.0. The third-order valence-corrected chi connectivity index (χ3v) is 8.67. The zero-order chi connectivity index (χ0) is 32.5. The number of ether oxygens (including phenoxy) is 1. The van der Waals surface area contributed by atoms with Crippen LogP contribution in [0.5, 0.6) is 0 Å². The minimum absolute atomic E-state index is 0.0404. The molecule has 44 heavy (non-hydrogen) atoms. The molecule has 0 aliphatic carbocycles. The van der Waals surface area contributed by atoms with Gasteiger partial charge >= 0.3 is 11.9 Å². The molecule has 2 unspecified atom stereocenters. The van der Waals surface area contributed by atoms with Gasteiger partial charge in [-0.3, -0.25) is 9.59 Å². The summed E-state index contributed by atoms with van der Waals surface area (Å²) in [7, 11) is 0. The molecule has 0 aliphatic rings. The largest absolute Gasteiger partial charge is 0.480 e. The molecule has 0 aliphatic heterocycles. The van der Waals surface area contributed by atoms with E-state index in [1.807, 2.05) is 0 Å². The van der Waals surface area contributed by atoms with Gasteiger partial charge in [0.2, 0.25) is 5.91 Å². The van der Waals surface area contributed by atoms with Crippen LogP contribution in [0.25, 0.3) is 0 Å². The highest BCUT2D eigenvalue weighted by molar-refractivity contribution is 5.83. The summed E-state index contributed by atoms with van der Waals surface area (Å²) in [4.78, 5) is 36.0. The number of hydrogen-bond acceptors (Lipinski definition) is 5. The van der Waals surface area contributed by atoms with Crippen molar-refractivity contribution in [3.05, 3.63) is 0 Å². The lowest BCUT2D eigenvalue weighted by molar-refractivity contribution is -0.150. The molecular weight excluding hydrogens is 552 g/mol. The Morgan fingerprint density at radius 1 is 0.568 bits per heavy atom. The first-order valence-electron chi connectivity index (χ1n) is 18.9. The number of hydrogen-bond donors (Lipinski definition) is 3. The Balaban J connectivity index is 3.90. The molecule has 0 rings (SSSR count). The zero-order valence-corrected chi connectivity index (χ0v) is 29.0. The molecule has 0 fully saturated rings. The lowest BCUT2D eigenvalue weighted by Gasteiger charge is -2.18. The normalized spacial score (nSPS) is 12.6.